The number of nitrogens with zero attached hydrogens (tertiary/aromatic N) is 3. The zero-order valence-electron chi connectivity index (χ0n) is 14.5. The molecule has 27 heavy (non-hydrogen) atoms. The molecule has 138 valence electrons. The number of fused-ring (bicyclic) bond motifs is 1. The van der Waals surface area contributed by atoms with Crippen molar-refractivity contribution in [2.24, 2.45) is 0 Å². The number of nitrogens with one attached hydrogen (secondary N) is 1. The minimum atomic E-state index is -0.460. The molecule has 0 radical (unpaired) electrons. The number of nitro groups is 1. The minimum absolute atomic E-state index is 0.00430. The van der Waals surface area contributed by atoms with Gasteiger partial charge < -0.3 is 10.2 Å². The number of thiazole rings is 1. The number of hydrogen-bond donors (Lipinski definition) is 1. The van der Waals surface area contributed by atoms with Crippen molar-refractivity contribution in [3.05, 3.63) is 63.7 Å². The summed E-state index contributed by atoms with van der Waals surface area (Å²) >= 11 is 1.73. The first kappa shape index (κ1) is 17.4. The van der Waals surface area contributed by atoms with Crippen LogP contribution in [0, 0.1) is 10.1 Å². The maximum Gasteiger partial charge on any atom is 0.321 e. The molecule has 1 saturated heterocycles. The van der Waals surface area contributed by atoms with Gasteiger partial charge in [-0.25, -0.2) is 9.78 Å². The summed E-state index contributed by atoms with van der Waals surface area (Å²) in [4.78, 5) is 29.2. The number of carbonyl (C=O) groups excluding carboxylic acids is 1. The van der Waals surface area contributed by atoms with Crippen LogP contribution in [-0.4, -0.2) is 33.9 Å². The number of para-hydroxylation sites is 1. The van der Waals surface area contributed by atoms with E-state index < -0.39 is 4.92 Å². The molecule has 0 unspecified atom stereocenters. The van der Waals surface area contributed by atoms with Gasteiger partial charge in [-0.15, -0.1) is 11.3 Å². The van der Waals surface area contributed by atoms with E-state index in [1.165, 1.54) is 16.8 Å². The van der Waals surface area contributed by atoms with Crippen LogP contribution in [0.25, 0.3) is 10.2 Å². The summed E-state index contributed by atoms with van der Waals surface area (Å²) in [6.45, 7) is 1.33. The van der Waals surface area contributed by atoms with Crippen LogP contribution in [-0.2, 0) is 0 Å². The van der Waals surface area contributed by atoms with Gasteiger partial charge >= 0.3 is 6.03 Å². The van der Waals surface area contributed by atoms with Crippen molar-refractivity contribution >= 4 is 39.0 Å². The van der Waals surface area contributed by atoms with Gasteiger partial charge in [0.2, 0.25) is 0 Å². The Kier molecular flexibility index (Phi) is 4.72. The molecule has 0 saturated carbocycles. The van der Waals surface area contributed by atoms with Crippen LogP contribution in [0.4, 0.5) is 16.2 Å². The maximum absolute atomic E-state index is 12.4. The molecule has 7 nitrogen and oxygen atoms in total. The summed E-state index contributed by atoms with van der Waals surface area (Å²) in [5.41, 5.74) is 1.60. The number of benzene rings is 2. The molecule has 0 spiro atoms. The quantitative estimate of drug-likeness (QED) is 0.529. The van der Waals surface area contributed by atoms with Gasteiger partial charge in [-0.2, -0.15) is 0 Å². The third kappa shape index (κ3) is 3.75. The molecule has 1 aromatic heterocycles. The number of hydrogen-bond acceptors (Lipinski definition) is 5. The number of rotatable bonds is 3. The van der Waals surface area contributed by atoms with Crippen LogP contribution in [0.5, 0.6) is 0 Å². The predicted octanol–water partition coefficient (Wildman–Crippen LogP) is 4.62. The molecule has 0 atom stereocenters. The van der Waals surface area contributed by atoms with Crippen LogP contribution >= 0.6 is 11.3 Å². The average Bonchev–Trinajstić information content (AvgIpc) is 3.13. The van der Waals surface area contributed by atoms with Crippen molar-refractivity contribution in [2.75, 3.05) is 18.4 Å². The lowest BCUT2D eigenvalue weighted by Crippen LogP contribution is -2.40. The molecule has 1 N–H and O–H groups in total. The lowest BCUT2D eigenvalue weighted by Gasteiger charge is -2.31. The van der Waals surface area contributed by atoms with E-state index in [9.17, 15) is 14.9 Å². The first-order chi connectivity index (χ1) is 13.1. The molecule has 1 aliphatic heterocycles. The predicted molar refractivity (Wildman–Crippen MR) is 105 cm³/mol. The SMILES string of the molecule is O=C(Nc1ccc([N+](=O)[O-])cc1)N1CCC(c2nc3ccccc3s2)CC1. The summed E-state index contributed by atoms with van der Waals surface area (Å²) in [5.74, 6) is 0.380. The smallest absolute Gasteiger partial charge is 0.321 e. The van der Waals surface area contributed by atoms with Gasteiger partial charge in [0.25, 0.3) is 5.69 Å². The second-order valence-electron chi connectivity index (χ2n) is 6.52. The van der Waals surface area contributed by atoms with Crippen LogP contribution in [0.15, 0.2) is 48.5 Å². The van der Waals surface area contributed by atoms with E-state index in [1.807, 2.05) is 18.2 Å². The van der Waals surface area contributed by atoms with E-state index in [2.05, 4.69) is 11.4 Å². The molecule has 8 heteroatoms. The van der Waals surface area contributed by atoms with E-state index in [0.29, 0.717) is 24.7 Å². The molecule has 2 heterocycles. The highest BCUT2D eigenvalue weighted by molar-refractivity contribution is 7.18. The van der Waals surface area contributed by atoms with E-state index in [0.717, 1.165) is 23.4 Å². The normalized spacial score (nSPS) is 15.0. The Labute approximate surface area is 159 Å². The van der Waals surface area contributed by atoms with Gasteiger partial charge in [-0.3, -0.25) is 10.1 Å². The Hall–Kier alpha value is -3.00. The van der Waals surface area contributed by atoms with Crippen molar-refractivity contribution in [1.29, 1.82) is 0 Å². The molecule has 1 aliphatic rings. The van der Waals surface area contributed by atoms with E-state index in [1.54, 1.807) is 28.4 Å². The van der Waals surface area contributed by atoms with Gasteiger partial charge in [0.1, 0.15) is 0 Å². The molecule has 1 fully saturated rings. The summed E-state index contributed by atoms with van der Waals surface area (Å²) in [5, 5.41) is 14.6. The second-order valence-corrected chi connectivity index (χ2v) is 7.58. The van der Waals surface area contributed by atoms with Gasteiger partial charge in [0, 0.05) is 36.8 Å². The lowest BCUT2D eigenvalue weighted by atomic mass is 9.98. The number of piperidine rings is 1. The summed E-state index contributed by atoms with van der Waals surface area (Å²) in [6.07, 6.45) is 1.76. The highest BCUT2D eigenvalue weighted by Crippen LogP contribution is 2.33. The number of likely N-dealkylation sites (tertiary alicyclic amines) is 1. The Morgan fingerprint density at radius 3 is 2.52 bits per heavy atom. The third-order valence-corrected chi connectivity index (χ3v) is 5.97. The second kappa shape index (κ2) is 7.32. The number of anilines is 1. The molecule has 4 rings (SSSR count). The fraction of sp³-hybridized carbons (Fsp3) is 0.263. The van der Waals surface area contributed by atoms with E-state index >= 15 is 0 Å². The van der Waals surface area contributed by atoms with Gasteiger partial charge in [0.05, 0.1) is 20.1 Å². The highest BCUT2D eigenvalue weighted by atomic mass is 32.1. The number of aromatic nitrogens is 1. The van der Waals surface area contributed by atoms with Crippen molar-refractivity contribution < 1.29 is 9.72 Å². The average molecular weight is 382 g/mol. The number of urea groups is 1. The highest BCUT2D eigenvalue weighted by Gasteiger charge is 2.26. The number of amides is 2. The molecule has 0 aliphatic carbocycles. The first-order valence-electron chi connectivity index (χ1n) is 8.76. The summed E-state index contributed by atoms with van der Waals surface area (Å²) in [7, 11) is 0. The molecule has 2 aromatic carbocycles. The zero-order chi connectivity index (χ0) is 18.8. The Morgan fingerprint density at radius 2 is 1.85 bits per heavy atom. The Balaban J connectivity index is 1.35. The van der Waals surface area contributed by atoms with Gasteiger partial charge in [-0.05, 0) is 37.1 Å². The standard InChI is InChI=1S/C19H18N4O3S/c24-19(20-14-5-7-15(8-6-14)23(25)26)22-11-9-13(10-12-22)18-21-16-3-1-2-4-17(16)27-18/h1-8,13H,9-12H2,(H,20,24). The Bertz CT molecular complexity index is 945. The van der Waals surface area contributed by atoms with E-state index in [-0.39, 0.29) is 11.7 Å². The molecular weight excluding hydrogens is 364 g/mol. The Morgan fingerprint density at radius 1 is 1.15 bits per heavy atom. The summed E-state index contributed by atoms with van der Waals surface area (Å²) in [6, 6.07) is 13.8. The van der Waals surface area contributed by atoms with Crippen molar-refractivity contribution in [3.63, 3.8) is 0 Å². The molecule has 2 amide bonds. The molecule has 3 aromatic rings. The molecular formula is C19H18N4O3S. The number of non-ortho nitro benzene ring substituents is 1. The maximum atomic E-state index is 12.4. The topological polar surface area (TPSA) is 88.4 Å². The number of carbonyl (C=O) groups is 1. The van der Waals surface area contributed by atoms with Crippen molar-refractivity contribution in [3.8, 4) is 0 Å². The third-order valence-electron chi connectivity index (χ3n) is 4.77. The van der Waals surface area contributed by atoms with Crippen LogP contribution in [0.3, 0.4) is 0 Å². The van der Waals surface area contributed by atoms with Crippen molar-refractivity contribution in [2.45, 2.75) is 18.8 Å². The van der Waals surface area contributed by atoms with Gasteiger partial charge in [-0.1, -0.05) is 12.1 Å². The number of nitro benzene ring substituents is 1. The van der Waals surface area contributed by atoms with Crippen molar-refractivity contribution in [1.82, 2.24) is 9.88 Å². The molecule has 0 bridgehead atoms. The first-order valence-corrected chi connectivity index (χ1v) is 9.57. The van der Waals surface area contributed by atoms with E-state index in [4.69, 9.17) is 4.98 Å². The zero-order valence-corrected chi connectivity index (χ0v) is 15.3. The van der Waals surface area contributed by atoms with Crippen LogP contribution in [0.2, 0.25) is 0 Å². The van der Waals surface area contributed by atoms with Crippen LogP contribution in [0.1, 0.15) is 23.8 Å². The summed E-state index contributed by atoms with van der Waals surface area (Å²) < 4.78 is 1.20. The monoisotopic (exact) mass is 382 g/mol. The largest absolute Gasteiger partial charge is 0.324 e. The minimum Gasteiger partial charge on any atom is -0.324 e. The fourth-order valence-corrected chi connectivity index (χ4v) is 4.40. The van der Waals surface area contributed by atoms with Crippen LogP contribution < -0.4 is 5.32 Å². The lowest BCUT2D eigenvalue weighted by molar-refractivity contribution is -0.384. The van der Waals surface area contributed by atoms with Gasteiger partial charge in [0.15, 0.2) is 0 Å². The fourth-order valence-electron chi connectivity index (χ4n) is 3.26.